The maximum atomic E-state index is 13.1. The van der Waals surface area contributed by atoms with Gasteiger partial charge in [0.1, 0.15) is 23.8 Å². The highest BCUT2D eigenvalue weighted by Crippen LogP contribution is 2.28. The molecular formula is C10H8ClF4NO4S. The van der Waals surface area contributed by atoms with Gasteiger partial charge in [-0.1, -0.05) is 11.6 Å². The summed E-state index contributed by atoms with van der Waals surface area (Å²) in [5, 5.41) is 8.01. The van der Waals surface area contributed by atoms with Gasteiger partial charge in [0, 0.05) is 0 Å². The molecule has 0 heterocycles. The van der Waals surface area contributed by atoms with Crippen LogP contribution in [0, 0.1) is 5.82 Å². The van der Waals surface area contributed by atoms with Crippen LogP contribution in [0.2, 0.25) is 5.02 Å². The predicted octanol–water partition coefficient (Wildman–Crippen LogP) is 2.12. The number of carbonyl (C=O) groups is 1. The fraction of sp³-hybridized carbons (Fsp3) is 0.300. The van der Waals surface area contributed by atoms with Gasteiger partial charge in [0.05, 0.1) is 5.02 Å². The van der Waals surface area contributed by atoms with Gasteiger partial charge in [0.15, 0.2) is 0 Å². The third kappa shape index (κ3) is 4.83. The molecule has 0 saturated carbocycles. The van der Waals surface area contributed by atoms with Crippen molar-refractivity contribution in [2.24, 2.45) is 0 Å². The largest absolute Gasteiger partial charge is 0.480 e. The smallest absolute Gasteiger partial charge is 0.402 e. The molecule has 21 heavy (non-hydrogen) atoms. The number of alkyl halides is 3. The van der Waals surface area contributed by atoms with E-state index in [2.05, 4.69) is 0 Å². The Balaban J connectivity index is 3.32. The molecule has 0 atom stereocenters. The van der Waals surface area contributed by atoms with E-state index in [1.807, 2.05) is 0 Å². The number of carboxylic acids is 1. The lowest BCUT2D eigenvalue weighted by Gasteiger charge is -2.22. The first-order chi connectivity index (χ1) is 9.43. The third-order valence-electron chi connectivity index (χ3n) is 2.18. The Hall–Kier alpha value is -1.39. The third-order valence-corrected chi connectivity index (χ3v) is 4.45. The Bertz CT molecular complexity index is 647. The van der Waals surface area contributed by atoms with Crippen molar-refractivity contribution in [3.8, 4) is 0 Å². The van der Waals surface area contributed by atoms with Gasteiger partial charge in [0.2, 0.25) is 10.0 Å². The van der Waals surface area contributed by atoms with Gasteiger partial charge < -0.3 is 5.11 Å². The zero-order chi connectivity index (χ0) is 16.4. The molecule has 0 saturated heterocycles. The van der Waals surface area contributed by atoms with Crippen molar-refractivity contribution in [1.29, 1.82) is 0 Å². The van der Waals surface area contributed by atoms with Gasteiger partial charge in [-0.3, -0.25) is 4.79 Å². The summed E-state index contributed by atoms with van der Waals surface area (Å²) in [6.07, 6.45) is -4.97. The van der Waals surface area contributed by atoms with Crippen molar-refractivity contribution in [1.82, 2.24) is 4.31 Å². The van der Waals surface area contributed by atoms with Crippen molar-refractivity contribution in [3.63, 3.8) is 0 Å². The van der Waals surface area contributed by atoms with Crippen LogP contribution in [0.4, 0.5) is 17.6 Å². The predicted molar refractivity (Wildman–Crippen MR) is 63.9 cm³/mol. The number of halogens is 5. The van der Waals surface area contributed by atoms with Crippen LogP contribution in [-0.4, -0.2) is 43.1 Å². The molecule has 1 rings (SSSR count). The minimum absolute atomic E-state index is 0.337. The SMILES string of the molecule is O=C(O)CN(CC(F)(F)F)S(=O)(=O)c1cc(F)ccc1Cl. The molecule has 5 nitrogen and oxygen atoms in total. The van der Waals surface area contributed by atoms with Gasteiger partial charge in [-0.15, -0.1) is 0 Å². The lowest BCUT2D eigenvalue weighted by molar-refractivity contribution is -0.146. The summed E-state index contributed by atoms with van der Waals surface area (Å²) in [5.74, 6) is -2.84. The van der Waals surface area contributed by atoms with Crippen molar-refractivity contribution in [2.45, 2.75) is 11.1 Å². The van der Waals surface area contributed by atoms with Crippen LogP contribution >= 0.6 is 11.6 Å². The molecule has 0 amide bonds. The summed E-state index contributed by atoms with van der Waals surface area (Å²) in [5.41, 5.74) is 0. The van der Waals surface area contributed by atoms with E-state index in [4.69, 9.17) is 16.7 Å². The first kappa shape index (κ1) is 17.7. The van der Waals surface area contributed by atoms with Crippen LogP contribution in [0.3, 0.4) is 0 Å². The van der Waals surface area contributed by atoms with Crippen LogP contribution in [0.5, 0.6) is 0 Å². The molecule has 1 N–H and O–H groups in total. The molecule has 0 aliphatic carbocycles. The molecule has 0 aromatic heterocycles. The Morgan fingerprint density at radius 1 is 1.33 bits per heavy atom. The van der Waals surface area contributed by atoms with Gasteiger partial charge in [-0.25, -0.2) is 12.8 Å². The molecular weight excluding hydrogens is 342 g/mol. The molecule has 11 heteroatoms. The molecule has 0 radical (unpaired) electrons. The molecule has 0 unspecified atom stereocenters. The van der Waals surface area contributed by atoms with E-state index in [9.17, 15) is 30.8 Å². The second-order valence-electron chi connectivity index (χ2n) is 3.86. The highest BCUT2D eigenvalue weighted by Gasteiger charge is 2.39. The van der Waals surface area contributed by atoms with E-state index in [1.165, 1.54) is 0 Å². The molecule has 0 spiro atoms. The van der Waals surface area contributed by atoms with Gasteiger partial charge in [0.25, 0.3) is 0 Å². The quantitative estimate of drug-likeness (QED) is 0.826. The number of rotatable bonds is 5. The zero-order valence-electron chi connectivity index (χ0n) is 10.1. The van der Waals surface area contributed by atoms with Crippen molar-refractivity contribution < 1.29 is 35.9 Å². The van der Waals surface area contributed by atoms with Gasteiger partial charge in [-0.05, 0) is 18.2 Å². The number of sulfonamides is 1. The number of nitrogens with zero attached hydrogens (tertiary/aromatic N) is 1. The first-order valence-electron chi connectivity index (χ1n) is 5.17. The maximum Gasteiger partial charge on any atom is 0.402 e. The summed E-state index contributed by atoms with van der Waals surface area (Å²) >= 11 is 5.53. The Morgan fingerprint density at radius 2 is 1.90 bits per heavy atom. The number of benzene rings is 1. The number of carboxylic acid groups (broad SMARTS) is 1. The standard InChI is InChI=1S/C10H8ClF4NO4S/c11-7-2-1-6(12)3-8(7)21(19,20)16(4-9(17)18)5-10(13,14)15/h1-3H,4-5H2,(H,17,18). The fourth-order valence-electron chi connectivity index (χ4n) is 1.39. The topological polar surface area (TPSA) is 74.7 Å². The molecule has 1 aromatic rings. The second kappa shape index (κ2) is 6.16. The minimum Gasteiger partial charge on any atom is -0.480 e. The van der Waals surface area contributed by atoms with E-state index in [1.54, 1.807) is 0 Å². The summed E-state index contributed by atoms with van der Waals surface area (Å²) in [6, 6.07) is 2.08. The Labute approximate surface area is 121 Å². The van der Waals surface area contributed by atoms with Crippen LogP contribution in [0.1, 0.15) is 0 Å². The highest BCUT2D eigenvalue weighted by molar-refractivity contribution is 7.89. The number of hydrogen-bond donors (Lipinski definition) is 1. The fourth-order valence-corrected chi connectivity index (χ4v) is 3.25. The Morgan fingerprint density at radius 3 is 2.38 bits per heavy atom. The van der Waals surface area contributed by atoms with Crippen molar-refractivity contribution in [3.05, 3.63) is 29.0 Å². The maximum absolute atomic E-state index is 13.1. The van der Waals surface area contributed by atoms with E-state index in [0.717, 1.165) is 12.1 Å². The summed E-state index contributed by atoms with van der Waals surface area (Å²) < 4.78 is 73.9. The van der Waals surface area contributed by atoms with Gasteiger partial charge >= 0.3 is 12.1 Å². The van der Waals surface area contributed by atoms with E-state index >= 15 is 0 Å². The molecule has 118 valence electrons. The van der Waals surface area contributed by atoms with E-state index in [-0.39, 0.29) is 4.31 Å². The van der Waals surface area contributed by atoms with E-state index < -0.39 is 51.0 Å². The highest BCUT2D eigenvalue weighted by atomic mass is 35.5. The monoisotopic (exact) mass is 349 g/mol. The summed E-state index contributed by atoms with van der Waals surface area (Å²) in [6.45, 7) is -3.47. The van der Waals surface area contributed by atoms with Crippen LogP contribution in [0.25, 0.3) is 0 Å². The van der Waals surface area contributed by atoms with Crippen LogP contribution in [-0.2, 0) is 14.8 Å². The Kier molecular flexibility index (Phi) is 5.18. The average molecular weight is 350 g/mol. The summed E-state index contributed by atoms with van der Waals surface area (Å²) in [7, 11) is -4.92. The molecule has 0 aliphatic rings. The molecule has 0 bridgehead atoms. The number of hydrogen-bond acceptors (Lipinski definition) is 3. The zero-order valence-corrected chi connectivity index (χ0v) is 11.6. The second-order valence-corrected chi connectivity index (χ2v) is 6.17. The molecule has 0 aliphatic heterocycles. The van der Waals surface area contributed by atoms with E-state index in [0.29, 0.717) is 6.07 Å². The molecule has 1 aromatic carbocycles. The lowest BCUT2D eigenvalue weighted by Crippen LogP contribution is -2.42. The lowest BCUT2D eigenvalue weighted by atomic mass is 10.3. The molecule has 0 fully saturated rings. The van der Waals surface area contributed by atoms with Crippen molar-refractivity contribution >= 4 is 27.6 Å². The summed E-state index contributed by atoms with van der Waals surface area (Å²) in [4.78, 5) is 9.61. The first-order valence-corrected chi connectivity index (χ1v) is 6.99. The normalized spacial score (nSPS) is 12.7. The van der Waals surface area contributed by atoms with Crippen LogP contribution in [0.15, 0.2) is 23.1 Å². The van der Waals surface area contributed by atoms with Crippen LogP contribution < -0.4 is 0 Å². The average Bonchev–Trinajstić information content (AvgIpc) is 2.29. The van der Waals surface area contributed by atoms with Crippen molar-refractivity contribution in [2.75, 3.05) is 13.1 Å². The minimum atomic E-state index is -4.97. The van der Waals surface area contributed by atoms with Gasteiger partial charge in [-0.2, -0.15) is 17.5 Å². The number of aliphatic carboxylic acids is 1.